The number of H-pyrrole nitrogens is 1. The van der Waals surface area contributed by atoms with E-state index in [0.717, 1.165) is 5.69 Å². The third kappa shape index (κ3) is 1.04. The molecule has 0 aromatic carbocycles. The maximum atomic E-state index is 10.8. The predicted molar refractivity (Wildman–Crippen MR) is 35.5 cm³/mol. The molecule has 0 aliphatic heterocycles. The highest BCUT2D eigenvalue weighted by Gasteiger charge is 1.93. The van der Waals surface area contributed by atoms with Crippen molar-refractivity contribution in [1.82, 2.24) is 9.78 Å². The molecule has 1 heterocycles. The molecule has 0 saturated heterocycles. The smallest absolute Gasteiger partial charge is 0.266 e. The van der Waals surface area contributed by atoms with Crippen molar-refractivity contribution in [2.24, 2.45) is 0 Å². The van der Waals surface area contributed by atoms with Gasteiger partial charge in [-0.15, -0.1) is 0 Å². The number of aromatic amines is 1. The maximum Gasteiger partial charge on any atom is 0.266 e. The van der Waals surface area contributed by atoms with E-state index in [0.29, 0.717) is 6.54 Å². The van der Waals surface area contributed by atoms with Gasteiger partial charge < -0.3 is 5.10 Å². The maximum absolute atomic E-state index is 10.8. The SMILES string of the molecule is CCn1[nH]c(C)cc1=O. The molecule has 0 bridgehead atoms. The minimum Gasteiger partial charge on any atom is -0.300 e. The van der Waals surface area contributed by atoms with Crippen LogP contribution in [0, 0.1) is 6.92 Å². The molecule has 0 spiro atoms. The summed E-state index contributed by atoms with van der Waals surface area (Å²) in [6, 6.07) is 1.59. The molecule has 1 aromatic rings. The second-order valence-corrected chi connectivity index (χ2v) is 2.02. The van der Waals surface area contributed by atoms with E-state index in [4.69, 9.17) is 0 Å². The Morgan fingerprint density at radius 1 is 1.78 bits per heavy atom. The first-order valence-electron chi connectivity index (χ1n) is 3.00. The van der Waals surface area contributed by atoms with E-state index in [1.807, 2.05) is 13.8 Å². The molecule has 50 valence electrons. The highest BCUT2D eigenvalue weighted by Crippen LogP contribution is 1.83. The molecule has 1 aromatic heterocycles. The van der Waals surface area contributed by atoms with Crippen molar-refractivity contribution < 1.29 is 0 Å². The minimum atomic E-state index is 0.0509. The molecule has 9 heavy (non-hydrogen) atoms. The normalized spacial score (nSPS) is 10.0. The average Bonchev–Trinajstić information content (AvgIpc) is 2.10. The molecule has 0 fully saturated rings. The van der Waals surface area contributed by atoms with Gasteiger partial charge in [-0.2, -0.15) is 0 Å². The zero-order chi connectivity index (χ0) is 6.85. The first-order valence-corrected chi connectivity index (χ1v) is 3.00. The van der Waals surface area contributed by atoms with Crippen molar-refractivity contribution in [3.63, 3.8) is 0 Å². The van der Waals surface area contributed by atoms with Crippen LogP contribution < -0.4 is 5.56 Å². The first-order chi connectivity index (χ1) is 4.24. The third-order valence-electron chi connectivity index (χ3n) is 1.23. The lowest BCUT2D eigenvalue weighted by Gasteiger charge is -1.91. The van der Waals surface area contributed by atoms with Gasteiger partial charge in [0.1, 0.15) is 0 Å². The van der Waals surface area contributed by atoms with E-state index >= 15 is 0 Å². The molecule has 3 heteroatoms. The molecule has 0 atom stereocenters. The lowest BCUT2D eigenvalue weighted by Crippen LogP contribution is -2.13. The summed E-state index contributed by atoms with van der Waals surface area (Å²) in [5.41, 5.74) is 0.969. The zero-order valence-corrected chi connectivity index (χ0v) is 5.64. The summed E-state index contributed by atoms with van der Waals surface area (Å²) in [5.74, 6) is 0. The van der Waals surface area contributed by atoms with E-state index in [9.17, 15) is 4.79 Å². The van der Waals surface area contributed by atoms with Gasteiger partial charge in [-0.25, -0.2) is 0 Å². The number of nitrogens with one attached hydrogen (secondary N) is 1. The van der Waals surface area contributed by atoms with E-state index < -0.39 is 0 Å². The Bertz CT molecular complexity index is 246. The average molecular weight is 126 g/mol. The molecule has 3 nitrogen and oxygen atoms in total. The topological polar surface area (TPSA) is 37.8 Å². The fourth-order valence-electron chi connectivity index (χ4n) is 0.798. The molecular weight excluding hydrogens is 116 g/mol. The Morgan fingerprint density at radius 3 is 2.67 bits per heavy atom. The minimum absolute atomic E-state index is 0.0509. The summed E-state index contributed by atoms with van der Waals surface area (Å²) >= 11 is 0. The zero-order valence-electron chi connectivity index (χ0n) is 5.64. The standard InChI is InChI=1S/C6H10N2O/c1-3-8-6(9)4-5(2)7-8/h4,7H,3H2,1-2H3. The second kappa shape index (κ2) is 2.09. The lowest BCUT2D eigenvalue weighted by atomic mass is 10.5. The summed E-state index contributed by atoms with van der Waals surface area (Å²) in [5, 5.41) is 2.90. The lowest BCUT2D eigenvalue weighted by molar-refractivity contribution is 0.633. The number of rotatable bonds is 1. The summed E-state index contributed by atoms with van der Waals surface area (Å²) in [4.78, 5) is 10.8. The molecule has 1 rings (SSSR count). The molecule has 1 N–H and O–H groups in total. The van der Waals surface area contributed by atoms with Crippen LogP contribution in [0.25, 0.3) is 0 Å². The van der Waals surface area contributed by atoms with Crippen molar-refractivity contribution >= 4 is 0 Å². The van der Waals surface area contributed by atoms with Crippen LogP contribution in [0.3, 0.4) is 0 Å². The van der Waals surface area contributed by atoms with Gasteiger partial charge in [-0.3, -0.25) is 9.48 Å². The van der Waals surface area contributed by atoms with Gasteiger partial charge in [-0.1, -0.05) is 0 Å². The fraction of sp³-hybridized carbons (Fsp3) is 0.500. The molecule has 0 amide bonds. The number of hydrogen-bond acceptors (Lipinski definition) is 1. The third-order valence-corrected chi connectivity index (χ3v) is 1.23. The largest absolute Gasteiger partial charge is 0.300 e. The van der Waals surface area contributed by atoms with Gasteiger partial charge in [0, 0.05) is 18.3 Å². The Kier molecular flexibility index (Phi) is 1.42. The Hall–Kier alpha value is -0.990. The van der Waals surface area contributed by atoms with E-state index in [1.165, 1.54) is 0 Å². The van der Waals surface area contributed by atoms with Crippen LogP contribution in [0.5, 0.6) is 0 Å². The summed E-state index contributed by atoms with van der Waals surface area (Å²) in [6.07, 6.45) is 0. The first kappa shape index (κ1) is 6.13. The number of hydrogen-bond donors (Lipinski definition) is 1. The monoisotopic (exact) mass is 126 g/mol. The van der Waals surface area contributed by atoms with Crippen LogP contribution in [0.4, 0.5) is 0 Å². The predicted octanol–water partition coefficient (Wildman–Crippen LogP) is 0.505. The van der Waals surface area contributed by atoms with Crippen LogP contribution in [0.2, 0.25) is 0 Å². The van der Waals surface area contributed by atoms with Gasteiger partial charge in [0.25, 0.3) is 5.56 Å². The highest BCUT2D eigenvalue weighted by molar-refractivity contribution is 4.95. The van der Waals surface area contributed by atoms with Crippen molar-refractivity contribution in [2.75, 3.05) is 0 Å². The Balaban J connectivity index is 3.16. The number of nitrogens with zero attached hydrogens (tertiary/aromatic N) is 1. The molecule has 0 unspecified atom stereocenters. The van der Waals surface area contributed by atoms with Crippen molar-refractivity contribution in [1.29, 1.82) is 0 Å². The van der Waals surface area contributed by atoms with Crippen LogP contribution in [0.15, 0.2) is 10.9 Å². The van der Waals surface area contributed by atoms with Crippen molar-refractivity contribution in [3.05, 3.63) is 22.1 Å². The van der Waals surface area contributed by atoms with Gasteiger partial charge in [0.2, 0.25) is 0 Å². The number of aromatic nitrogens is 2. The van der Waals surface area contributed by atoms with Gasteiger partial charge >= 0.3 is 0 Å². The quantitative estimate of drug-likeness (QED) is 0.584. The van der Waals surface area contributed by atoms with E-state index in [1.54, 1.807) is 10.7 Å². The van der Waals surface area contributed by atoms with Gasteiger partial charge in [0.05, 0.1) is 0 Å². The molecule has 0 aliphatic rings. The van der Waals surface area contributed by atoms with Gasteiger partial charge in [-0.05, 0) is 13.8 Å². The summed E-state index contributed by atoms with van der Waals surface area (Å²) in [7, 11) is 0. The van der Waals surface area contributed by atoms with Crippen molar-refractivity contribution in [3.8, 4) is 0 Å². The summed E-state index contributed by atoms with van der Waals surface area (Å²) in [6.45, 7) is 4.51. The molecule has 0 aliphatic carbocycles. The van der Waals surface area contributed by atoms with E-state index in [-0.39, 0.29) is 5.56 Å². The van der Waals surface area contributed by atoms with Crippen LogP contribution in [-0.2, 0) is 6.54 Å². The summed E-state index contributed by atoms with van der Waals surface area (Å²) < 4.78 is 1.56. The van der Waals surface area contributed by atoms with Crippen LogP contribution in [0.1, 0.15) is 12.6 Å². The Morgan fingerprint density at radius 2 is 2.44 bits per heavy atom. The van der Waals surface area contributed by atoms with E-state index in [2.05, 4.69) is 5.10 Å². The van der Waals surface area contributed by atoms with Crippen LogP contribution in [-0.4, -0.2) is 9.78 Å². The fourth-order valence-corrected chi connectivity index (χ4v) is 0.798. The molecule has 0 radical (unpaired) electrons. The highest BCUT2D eigenvalue weighted by atomic mass is 16.1. The van der Waals surface area contributed by atoms with Crippen LogP contribution >= 0.6 is 0 Å². The van der Waals surface area contributed by atoms with Crippen molar-refractivity contribution in [2.45, 2.75) is 20.4 Å². The Labute approximate surface area is 53.3 Å². The molecular formula is C6H10N2O. The number of aryl methyl sites for hydroxylation is 2. The second-order valence-electron chi connectivity index (χ2n) is 2.02. The van der Waals surface area contributed by atoms with Gasteiger partial charge in [0.15, 0.2) is 0 Å². The molecule has 0 saturated carbocycles.